The first kappa shape index (κ1) is 13.0. The summed E-state index contributed by atoms with van der Waals surface area (Å²) in [4.78, 5) is 24.8. The van der Waals surface area contributed by atoms with Crippen LogP contribution in [0.15, 0.2) is 12.1 Å². The van der Waals surface area contributed by atoms with Crippen LogP contribution in [0.5, 0.6) is 0 Å². The van der Waals surface area contributed by atoms with Gasteiger partial charge in [0.1, 0.15) is 17.6 Å². The lowest BCUT2D eigenvalue weighted by Crippen LogP contribution is -2.18. The number of carbonyl (C=O) groups is 2. The van der Waals surface area contributed by atoms with Crippen LogP contribution in [0.25, 0.3) is 0 Å². The fraction of sp³-hybridized carbons (Fsp3) is 0.222. The standard InChI is InChI=1S/C9H10ClN3O4/c10-6-3-5(8(14)15)4-7(13-6)12-1-2-17-9(11)16/h3-4H,1-2H2,(H2,11,16)(H,12,13)(H,14,15). The Balaban J connectivity index is 2.59. The first-order chi connectivity index (χ1) is 7.99. The van der Waals surface area contributed by atoms with Gasteiger partial charge >= 0.3 is 12.1 Å². The SMILES string of the molecule is NC(=O)OCCNc1cc(C(=O)O)cc(Cl)n1. The fourth-order valence-corrected chi connectivity index (χ4v) is 1.25. The van der Waals surface area contributed by atoms with E-state index in [1.165, 1.54) is 12.1 Å². The van der Waals surface area contributed by atoms with E-state index in [0.717, 1.165) is 0 Å². The lowest BCUT2D eigenvalue weighted by molar-refractivity contribution is 0.0696. The Kier molecular flexibility index (Phi) is 4.53. The molecule has 0 atom stereocenters. The van der Waals surface area contributed by atoms with Gasteiger partial charge in [0.25, 0.3) is 0 Å². The molecule has 7 nitrogen and oxygen atoms in total. The molecule has 0 saturated heterocycles. The number of nitrogens with zero attached hydrogens (tertiary/aromatic N) is 1. The molecule has 17 heavy (non-hydrogen) atoms. The highest BCUT2D eigenvalue weighted by Gasteiger charge is 2.07. The van der Waals surface area contributed by atoms with Crippen LogP contribution in [0.1, 0.15) is 10.4 Å². The van der Waals surface area contributed by atoms with Gasteiger partial charge in [-0.2, -0.15) is 0 Å². The molecule has 0 unspecified atom stereocenters. The normalized spacial score (nSPS) is 9.71. The highest BCUT2D eigenvalue weighted by molar-refractivity contribution is 6.29. The Labute approximate surface area is 102 Å². The number of aromatic nitrogens is 1. The molecule has 1 rings (SSSR count). The van der Waals surface area contributed by atoms with E-state index in [1.54, 1.807) is 0 Å². The summed E-state index contributed by atoms with van der Waals surface area (Å²) in [5, 5.41) is 11.6. The molecule has 0 fully saturated rings. The minimum Gasteiger partial charge on any atom is -0.478 e. The van der Waals surface area contributed by atoms with Crippen molar-refractivity contribution in [3.8, 4) is 0 Å². The van der Waals surface area contributed by atoms with Gasteiger partial charge in [-0.1, -0.05) is 11.6 Å². The quantitative estimate of drug-likeness (QED) is 0.535. The van der Waals surface area contributed by atoms with Gasteiger partial charge in [0.15, 0.2) is 0 Å². The minimum atomic E-state index is -1.11. The molecule has 0 aliphatic carbocycles. The molecule has 0 spiro atoms. The molecule has 0 bridgehead atoms. The average Bonchev–Trinajstić information content (AvgIpc) is 2.23. The van der Waals surface area contributed by atoms with Crippen LogP contribution < -0.4 is 11.1 Å². The molecule has 0 radical (unpaired) electrons. The van der Waals surface area contributed by atoms with Gasteiger partial charge in [-0.3, -0.25) is 0 Å². The second-order valence-corrected chi connectivity index (χ2v) is 3.35. The smallest absolute Gasteiger partial charge is 0.404 e. The van der Waals surface area contributed by atoms with E-state index >= 15 is 0 Å². The number of ether oxygens (including phenoxy) is 1. The number of carbonyl (C=O) groups excluding carboxylic acids is 1. The number of amides is 1. The van der Waals surface area contributed by atoms with Gasteiger partial charge in [0, 0.05) is 0 Å². The number of aromatic carboxylic acids is 1. The van der Waals surface area contributed by atoms with Gasteiger partial charge in [-0.15, -0.1) is 0 Å². The van der Waals surface area contributed by atoms with Crippen LogP contribution >= 0.6 is 11.6 Å². The maximum atomic E-state index is 10.7. The number of hydrogen-bond donors (Lipinski definition) is 3. The zero-order chi connectivity index (χ0) is 12.8. The van der Waals surface area contributed by atoms with Crippen molar-refractivity contribution in [2.75, 3.05) is 18.5 Å². The predicted molar refractivity (Wildman–Crippen MR) is 60.2 cm³/mol. The van der Waals surface area contributed by atoms with Crippen molar-refractivity contribution in [1.29, 1.82) is 0 Å². The molecule has 0 aromatic carbocycles. The maximum absolute atomic E-state index is 10.7. The Hall–Kier alpha value is -2.02. The van der Waals surface area contributed by atoms with E-state index in [0.29, 0.717) is 0 Å². The summed E-state index contributed by atoms with van der Waals surface area (Å²) >= 11 is 5.64. The Bertz CT molecular complexity index is 438. The molecule has 1 heterocycles. The second-order valence-electron chi connectivity index (χ2n) is 2.96. The van der Waals surface area contributed by atoms with Crippen LogP contribution in [0.4, 0.5) is 10.6 Å². The molecule has 0 saturated carbocycles. The minimum absolute atomic E-state index is 0.0170. The number of anilines is 1. The summed E-state index contributed by atoms with van der Waals surface area (Å²) in [5.74, 6) is -0.825. The van der Waals surface area contributed by atoms with Crippen molar-refractivity contribution < 1.29 is 19.4 Å². The molecule has 0 aliphatic heterocycles. The summed E-state index contributed by atoms with van der Waals surface area (Å²) in [6, 6.07) is 2.55. The van der Waals surface area contributed by atoms with Gasteiger partial charge in [-0.05, 0) is 12.1 Å². The highest BCUT2D eigenvalue weighted by Crippen LogP contribution is 2.14. The van der Waals surface area contributed by atoms with Gasteiger partial charge in [-0.25, -0.2) is 14.6 Å². The third-order valence-electron chi connectivity index (χ3n) is 1.69. The van der Waals surface area contributed by atoms with E-state index < -0.39 is 12.1 Å². The van der Waals surface area contributed by atoms with E-state index in [-0.39, 0.29) is 29.7 Å². The zero-order valence-corrected chi connectivity index (χ0v) is 9.40. The summed E-state index contributed by atoms with van der Waals surface area (Å²) in [5.41, 5.74) is 4.77. The number of halogens is 1. The van der Waals surface area contributed by atoms with Crippen LogP contribution in [0.3, 0.4) is 0 Å². The van der Waals surface area contributed by atoms with Crippen molar-refractivity contribution in [2.45, 2.75) is 0 Å². The molecule has 1 aromatic rings. The van der Waals surface area contributed by atoms with Crippen molar-refractivity contribution >= 4 is 29.5 Å². The first-order valence-corrected chi connectivity index (χ1v) is 4.94. The van der Waals surface area contributed by atoms with Crippen LogP contribution in [0, 0.1) is 0 Å². The van der Waals surface area contributed by atoms with Crippen molar-refractivity contribution in [3.05, 3.63) is 22.8 Å². The molecule has 1 amide bonds. The third-order valence-corrected chi connectivity index (χ3v) is 1.89. The average molecular weight is 260 g/mol. The van der Waals surface area contributed by atoms with Gasteiger partial charge < -0.3 is 20.9 Å². The molecule has 1 aromatic heterocycles. The van der Waals surface area contributed by atoms with Crippen molar-refractivity contribution in [3.63, 3.8) is 0 Å². The third kappa shape index (κ3) is 4.56. The van der Waals surface area contributed by atoms with Gasteiger partial charge in [0.2, 0.25) is 0 Å². The summed E-state index contributed by atoms with van der Waals surface area (Å²) < 4.78 is 4.47. The van der Waals surface area contributed by atoms with E-state index in [9.17, 15) is 9.59 Å². The van der Waals surface area contributed by atoms with E-state index in [4.69, 9.17) is 22.4 Å². The molecule has 0 aliphatic rings. The number of pyridine rings is 1. The van der Waals surface area contributed by atoms with E-state index in [2.05, 4.69) is 15.0 Å². The Morgan fingerprint density at radius 1 is 1.53 bits per heavy atom. The number of carboxylic acid groups (broad SMARTS) is 1. The highest BCUT2D eigenvalue weighted by atomic mass is 35.5. The predicted octanol–water partition coefficient (Wildman–Crippen LogP) is 0.940. The lowest BCUT2D eigenvalue weighted by atomic mass is 10.2. The number of nitrogens with one attached hydrogen (secondary N) is 1. The fourth-order valence-electron chi connectivity index (χ4n) is 1.04. The van der Waals surface area contributed by atoms with Gasteiger partial charge in [0.05, 0.1) is 12.1 Å². The monoisotopic (exact) mass is 259 g/mol. The summed E-state index contributed by atoms with van der Waals surface area (Å²) in [6.45, 7) is 0.293. The second kappa shape index (κ2) is 5.90. The van der Waals surface area contributed by atoms with Crippen molar-refractivity contribution in [2.24, 2.45) is 5.73 Å². The molecule has 8 heteroatoms. The molecular formula is C9H10ClN3O4. The number of carboxylic acids is 1. The zero-order valence-electron chi connectivity index (χ0n) is 8.64. The van der Waals surface area contributed by atoms with Crippen molar-refractivity contribution in [1.82, 2.24) is 4.98 Å². The largest absolute Gasteiger partial charge is 0.478 e. The first-order valence-electron chi connectivity index (χ1n) is 4.56. The molecule has 92 valence electrons. The topological polar surface area (TPSA) is 115 Å². The molecular weight excluding hydrogens is 250 g/mol. The number of nitrogens with two attached hydrogens (primary N) is 1. The summed E-state index contributed by atoms with van der Waals surface area (Å²) in [7, 11) is 0. The maximum Gasteiger partial charge on any atom is 0.404 e. The number of primary amides is 1. The molecule has 4 N–H and O–H groups in total. The van der Waals surface area contributed by atoms with Crippen LogP contribution in [-0.4, -0.2) is 35.3 Å². The summed E-state index contributed by atoms with van der Waals surface area (Å²) in [6.07, 6.45) is -0.878. The number of rotatable bonds is 5. The van der Waals surface area contributed by atoms with Crippen LogP contribution in [-0.2, 0) is 4.74 Å². The van der Waals surface area contributed by atoms with Crippen LogP contribution in [0.2, 0.25) is 5.15 Å². The lowest BCUT2D eigenvalue weighted by Gasteiger charge is -2.06. The number of hydrogen-bond acceptors (Lipinski definition) is 5. The van der Waals surface area contributed by atoms with E-state index in [1.807, 2.05) is 0 Å². The Morgan fingerprint density at radius 2 is 2.24 bits per heavy atom. The Morgan fingerprint density at radius 3 is 2.82 bits per heavy atom.